The van der Waals surface area contributed by atoms with Crippen LogP contribution in [0.15, 0.2) is 49.6 Å². The normalized spacial score (nSPS) is 12.8. The molecule has 166 valence electrons. The van der Waals surface area contributed by atoms with Crippen LogP contribution in [0.1, 0.15) is 66.2 Å². The first-order chi connectivity index (χ1) is 14.2. The van der Waals surface area contributed by atoms with E-state index in [9.17, 15) is 4.57 Å². The molecule has 0 aromatic carbocycles. The van der Waals surface area contributed by atoms with Crippen molar-refractivity contribution in [2.24, 2.45) is 10.8 Å². The number of hydrogen-bond donors (Lipinski definition) is 0. The topological polar surface area (TPSA) is 35.5 Å². The summed E-state index contributed by atoms with van der Waals surface area (Å²) in [6.45, 7) is 16.4. The van der Waals surface area contributed by atoms with Crippen molar-refractivity contribution >= 4 is 8.25 Å². The highest BCUT2D eigenvalue weighted by Gasteiger charge is 2.09. The Hall–Kier alpha value is -1.77. The molecular formula is C26H39O3P. The van der Waals surface area contributed by atoms with Crippen molar-refractivity contribution in [3.63, 3.8) is 0 Å². The van der Waals surface area contributed by atoms with Crippen molar-refractivity contribution < 1.29 is 13.6 Å². The fourth-order valence-electron chi connectivity index (χ4n) is 2.23. The molecule has 30 heavy (non-hydrogen) atoms. The third-order valence-electron chi connectivity index (χ3n) is 3.85. The molecule has 4 heteroatoms. The quantitative estimate of drug-likeness (QED) is 0.126. The fourth-order valence-corrected chi connectivity index (χ4v) is 2.88. The first kappa shape index (κ1) is 28.2. The SMILES string of the molecule is C=CCCC#CC(C)(C)C=CCCO[PH](=O)OCCC=CC(C)(C)C#CCCC=C. The smallest absolute Gasteiger partial charge is 0.310 e. The molecule has 0 aromatic rings. The van der Waals surface area contributed by atoms with Crippen LogP contribution < -0.4 is 0 Å². The van der Waals surface area contributed by atoms with Gasteiger partial charge >= 0.3 is 8.25 Å². The Morgan fingerprint density at radius 1 is 0.767 bits per heavy atom. The van der Waals surface area contributed by atoms with Crippen LogP contribution in [0.25, 0.3) is 0 Å². The number of unbranched alkanes of at least 4 members (excludes halogenated alkanes) is 2. The Kier molecular flexibility index (Phi) is 16.0. The Morgan fingerprint density at radius 3 is 1.53 bits per heavy atom. The molecule has 0 spiro atoms. The molecule has 0 bridgehead atoms. The standard InChI is InChI=1S/C26H39O3P/c1-7-9-11-13-19-25(3,4)21-15-17-23-28-30(27)29-24-18-16-22-26(5,6)20-14-12-10-8-2/h7-8,15-16,21-22,30H,1-2,9-12,17-18,23-24H2,3-6H3. The Bertz CT molecular complexity index is 646. The third kappa shape index (κ3) is 18.3. The molecule has 0 N–H and O–H groups in total. The van der Waals surface area contributed by atoms with E-state index >= 15 is 0 Å². The zero-order valence-corrected chi connectivity index (χ0v) is 20.3. The van der Waals surface area contributed by atoms with E-state index in [1.54, 1.807) is 0 Å². The lowest BCUT2D eigenvalue weighted by atomic mass is 9.93. The molecule has 0 amide bonds. The molecule has 0 unspecified atom stereocenters. The van der Waals surface area contributed by atoms with E-state index in [0.717, 1.165) is 25.7 Å². The van der Waals surface area contributed by atoms with Gasteiger partial charge < -0.3 is 9.05 Å². The zero-order chi connectivity index (χ0) is 22.7. The minimum atomic E-state index is -2.45. The van der Waals surface area contributed by atoms with Crippen LogP contribution >= 0.6 is 8.25 Å². The summed E-state index contributed by atoms with van der Waals surface area (Å²) in [5, 5.41) is 0. The van der Waals surface area contributed by atoms with E-state index in [2.05, 4.69) is 76.7 Å². The van der Waals surface area contributed by atoms with Crippen molar-refractivity contribution in [1.82, 2.24) is 0 Å². The summed E-state index contributed by atoms with van der Waals surface area (Å²) < 4.78 is 22.3. The fraction of sp³-hybridized carbons (Fsp3) is 0.538. The average Bonchev–Trinajstić information content (AvgIpc) is 2.68. The zero-order valence-electron chi connectivity index (χ0n) is 19.3. The molecule has 0 radical (unpaired) electrons. The van der Waals surface area contributed by atoms with E-state index in [1.807, 2.05) is 24.3 Å². The average molecular weight is 431 g/mol. The summed E-state index contributed by atoms with van der Waals surface area (Å²) in [5.74, 6) is 12.8. The molecule has 0 rings (SSSR count). The molecule has 0 aliphatic heterocycles. The molecule has 0 saturated carbocycles. The first-order valence-corrected chi connectivity index (χ1v) is 11.8. The van der Waals surface area contributed by atoms with Gasteiger partial charge in [0.25, 0.3) is 0 Å². The van der Waals surface area contributed by atoms with Gasteiger partial charge in [-0.15, -0.1) is 25.0 Å². The third-order valence-corrected chi connectivity index (χ3v) is 4.73. The van der Waals surface area contributed by atoms with Gasteiger partial charge in [-0.3, -0.25) is 4.57 Å². The highest BCUT2D eigenvalue weighted by atomic mass is 31.1. The maximum absolute atomic E-state index is 11.8. The summed E-state index contributed by atoms with van der Waals surface area (Å²) in [6, 6.07) is 0. The molecule has 0 aliphatic carbocycles. The monoisotopic (exact) mass is 430 g/mol. The van der Waals surface area contributed by atoms with E-state index in [0.29, 0.717) is 26.1 Å². The van der Waals surface area contributed by atoms with E-state index in [-0.39, 0.29) is 10.8 Å². The minimum absolute atomic E-state index is 0.181. The highest BCUT2D eigenvalue weighted by Crippen LogP contribution is 2.24. The molecule has 0 heterocycles. The maximum Gasteiger partial charge on any atom is 0.319 e. The Balaban J connectivity index is 4.02. The summed E-state index contributed by atoms with van der Waals surface area (Å²) in [6.07, 6.45) is 16.7. The summed E-state index contributed by atoms with van der Waals surface area (Å²) >= 11 is 0. The van der Waals surface area contributed by atoms with Crippen LogP contribution in [0.4, 0.5) is 0 Å². The largest absolute Gasteiger partial charge is 0.319 e. The lowest BCUT2D eigenvalue weighted by Gasteiger charge is -2.11. The van der Waals surface area contributed by atoms with Gasteiger partial charge in [-0.25, -0.2) is 0 Å². The predicted octanol–water partition coefficient (Wildman–Crippen LogP) is 7.29. The van der Waals surface area contributed by atoms with Gasteiger partial charge in [0.2, 0.25) is 0 Å². The van der Waals surface area contributed by atoms with Gasteiger partial charge in [0.1, 0.15) is 0 Å². The summed E-state index contributed by atoms with van der Waals surface area (Å²) in [7, 11) is -2.45. The van der Waals surface area contributed by atoms with Gasteiger partial charge in [-0.1, -0.05) is 48.3 Å². The molecule has 0 atom stereocenters. The van der Waals surface area contributed by atoms with Gasteiger partial charge in [0.05, 0.1) is 13.2 Å². The molecule has 0 aromatic heterocycles. The molecule has 0 saturated heterocycles. The highest BCUT2D eigenvalue weighted by molar-refractivity contribution is 7.33. The van der Waals surface area contributed by atoms with Crippen molar-refractivity contribution in [2.45, 2.75) is 66.2 Å². The molecular weight excluding hydrogens is 391 g/mol. The van der Waals surface area contributed by atoms with Crippen LogP contribution in [0.5, 0.6) is 0 Å². The summed E-state index contributed by atoms with van der Waals surface area (Å²) in [4.78, 5) is 0. The van der Waals surface area contributed by atoms with Crippen molar-refractivity contribution in [3.8, 4) is 23.7 Å². The van der Waals surface area contributed by atoms with Crippen LogP contribution in [-0.4, -0.2) is 13.2 Å². The lowest BCUT2D eigenvalue weighted by molar-refractivity contribution is 0.231. The number of allylic oxidation sites excluding steroid dienone is 4. The Morgan fingerprint density at radius 2 is 1.17 bits per heavy atom. The van der Waals surface area contributed by atoms with Crippen LogP contribution in [0.3, 0.4) is 0 Å². The second kappa shape index (κ2) is 17.0. The predicted molar refractivity (Wildman–Crippen MR) is 130 cm³/mol. The number of rotatable bonds is 14. The second-order valence-electron chi connectivity index (χ2n) is 8.03. The molecule has 3 nitrogen and oxygen atoms in total. The van der Waals surface area contributed by atoms with E-state index < -0.39 is 8.25 Å². The Labute approximate surface area is 185 Å². The van der Waals surface area contributed by atoms with E-state index in [1.165, 1.54) is 0 Å². The minimum Gasteiger partial charge on any atom is -0.310 e. The van der Waals surface area contributed by atoms with Crippen molar-refractivity contribution in [1.29, 1.82) is 0 Å². The van der Waals surface area contributed by atoms with Crippen LogP contribution in [-0.2, 0) is 13.6 Å². The number of hydrogen-bond acceptors (Lipinski definition) is 3. The second-order valence-corrected chi connectivity index (χ2v) is 9.11. The summed E-state index contributed by atoms with van der Waals surface area (Å²) in [5.41, 5.74) is -0.363. The maximum atomic E-state index is 11.8. The van der Waals surface area contributed by atoms with Gasteiger partial charge in [-0.2, -0.15) is 0 Å². The first-order valence-electron chi connectivity index (χ1n) is 10.6. The van der Waals surface area contributed by atoms with Crippen LogP contribution in [0.2, 0.25) is 0 Å². The molecule has 0 aliphatic rings. The van der Waals surface area contributed by atoms with Gasteiger partial charge in [0, 0.05) is 23.7 Å². The van der Waals surface area contributed by atoms with Gasteiger partial charge in [0.15, 0.2) is 0 Å². The van der Waals surface area contributed by atoms with Crippen LogP contribution in [0, 0.1) is 34.5 Å². The van der Waals surface area contributed by atoms with E-state index in [4.69, 9.17) is 9.05 Å². The van der Waals surface area contributed by atoms with Crippen molar-refractivity contribution in [2.75, 3.05) is 13.2 Å². The lowest BCUT2D eigenvalue weighted by Crippen LogP contribution is -2.03. The van der Waals surface area contributed by atoms with Crippen molar-refractivity contribution in [3.05, 3.63) is 49.6 Å². The molecule has 0 fully saturated rings. The van der Waals surface area contributed by atoms with Gasteiger partial charge in [-0.05, 0) is 53.4 Å².